The molecule has 0 amide bonds. The summed E-state index contributed by atoms with van der Waals surface area (Å²) in [6.45, 7) is 0. The molecule has 0 bridgehead atoms. The molecule has 1 aliphatic rings. The molecule has 0 atom stereocenters. The van der Waals surface area contributed by atoms with Gasteiger partial charge in [-0.25, -0.2) is 4.99 Å². The summed E-state index contributed by atoms with van der Waals surface area (Å²) in [5.74, 6) is 0. The van der Waals surface area contributed by atoms with E-state index in [0.717, 1.165) is 12.8 Å². The fraction of sp³-hybridized carbons (Fsp3) is 0.875. The predicted octanol–water partition coefficient (Wildman–Crippen LogP) is 1.28. The lowest BCUT2D eigenvalue weighted by Crippen LogP contribution is -2.25. The molecule has 64 valence electrons. The Morgan fingerprint density at radius 3 is 2.55 bits per heavy atom. The zero-order valence-electron chi connectivity index (χ0n) is 7.05. The number of nitrogens with zero attached hydrogens (tertiary/aromatic N) is 1. The Morgan fingerprint density at radius 2 is 2.00 bits per heavy atom. The number of ether oxygens (including phenoxy) is 1. The van der Waals surface area contributed by atoms with Crippen LogP contribution in [0.5, 0.6) is 0 Å². The van der Waals surface area contributed by atoms with Gasteiger partial charge >= 0.3 is 0 Å². The van der Waals surface area contributed by atoms with E-state index in [4.69, 9.17) is 10.5 Å². The van der Waals surface area contributed by atoms with Crippen LogP contribution in [0.2, 0.25) is 0 Å². The number of hydrogen-bond donors (Lipinski definition) is 1. The molecule has 0 aromatic rings. The summed E-state index contributed by atoms with van der Waals surface area (Å²) in [5.41, 5.74) is 5.43. The molecular weight excluding hydrogens is 140 g/mol. The number of hydrogen-bond acceptors (Lipinski definition) is 2. The van der Waals surface area contributed by atoms with Gasteiger partial charge in [0.05, 0.1) is 0 Å². The van der Waals surface area contributed by atoms with Crippen LogP contribution in [-0.2, 0) is 4.74 Å². The smallest absolute Gasteiger partial charge is 0.281 e. The van der Waals surface area contributed by atoms with E-state index >= 15 is 0 Å². The van der Waals surface area contributed by atoms with Gasteiger partial charge in [-0.1, -0.05) is 6.42 Å². The van der Waals surface area contributed by atoms with Gasteiger partial charge in [0.15, 0.2) is 0 Å². The normalized spacial score (nSPS) is 21.7. The molecule has 1 aliphatic carbocycles. The molecule has 0 saturated heterocycles. The van der Waals surface area contributed by atoms with E-state index < -0.39 is 0 Å². The third-order valence-electron chi connectivity index (χ3n) is 2.06. The average molecular weight is 156 g/mol. The van der Waals surface area contributed by atoms with Crippen molar-refractivity contribution in [3.05, 3.63) is 0 Å². The van der Waals surface area contributed by atoms with Crippen LogP contribution in [0.25, 0.3) is 0 Å². The zero-order valence-corrected chi connectivity index (χ0v) is 7.05. The van der Waals surface area contributed by atoms with E-state index in [0.29, 0.717) is 12.1 Å². The third-order valence-corrected chi connectivity index (χ3v) is 2.06. The first kappa shape index (κ1) is 8.37. The van der Waals surface area contributed by atoms with Gasteiger partial charge in [0.25, 0.3) is 6.02 Å². The number of amidine groups is 1. The highest BCUT2D eigenvalue weighted by Crippen LogP contribution is 2.19. The molecule has 0 aromatic carbocycles. The first-order chi connectivity index (χ1) is 5.33. The standard InChI is InChI=1S/C8H16N2O/c1-10-8(9)11-7-5-3-2-4-6-7/h7H,2-6H2,1H3,(H2,9,10). The Balaban J connectivity index is 2.24. The van der Waals surface area contributed by atoms with Crippen molar-refractivity contribution in [1.29, 1.82) is 0 Å². The van der Waals surface area contributed by atoms with Crippen LogP contribution >= 0.6 is 0 Å². The predicted molar refractivity (Wildman–Crippen MR) is 45.5 cm³/mol. The van der Waals surface area contributed by atoms with Gasteiger partial charge in [-0.05, 0) is 25.7 Å². The van der Waals surface area contributed by atoms with Gasteiger partial charge in [-0.2, -0.15) is 0 Å². The number of rotatable bonds is 1. The molecule has 0 radical (unpaired) electrons. The summed E-state index contributed by atoms with van der Waals surface area (Å²) in [7, 11) is 1.65. The molecule has 0 heterocycles. The third kappa shape index (κ3) is 2.78. The second-order valence-corrected chi connectivity index (χ2v) is 2.94. The molecule has 3 heteroatoms. The summed E-state index contributed by atoms with van der Waals surface area (Å²) in [6, 6.07) is 0.330. The second-order valence-electron chi connectivity index (χ2n) is 2.94. The summed E-state index contributed by atoms with van der Waals surface area (Å²) < 4.78 is 5.37. The Morgan fingerprint density at radius 1 is 1.36 bits per heavy atom. The van der Waals surface area contributed by atoms with Crippen LogP contribution < -0.4 is 5.73 Å². The molecule has 1 rings (SSSR count). The molecule has 11 heavy (non-hydrogen) atoms. The van der Waals surface area contributed by atoms with Gasteiger partial charge in [-0.15, -0.1) is 0 Å². The van der Waals surface area contributed by atoms with Crippen molar-refractivity contribution in [3.8, 4) is 0 Å². The fourth-order valence-corrected chi connectivity index (χ4v) is 1.41. The minimum atomic E-state index is 0.326. The Labute approximate surface area is 67.6 Å². The first-order valence-corrected chi connectivity index (χ1v) is 4.22. The van der Waals surface area contributed by atoms with Crippen molar-refractivity contribution in [2.75, 3.05) is 7.05 Å². The minimum Gasteiger partial charge on any atom is -0.462 e. The maximum atomic E-state index is 5.43. The molecule has 1 saturated carbocycles. The summed E-state index contributed by atoms with van der Waals surface area (Å²) in [5, 5.41) is 0. The van der Waals surface area contributed by atoms with Crippen LogP contribution in [0, 0.1) is 0 Å². The fourth-order valence-electron chi connectivity index (χ4n) is 1.41. The van der Waals surface area contributed by atoms with Crippen LogP contribution in [0.1, 0.15) is 32.1 Å². The monoisotopic (exact) mass is 156 g/mol. The van der Waals surface area contributed by atoms with E-state index in [1.54, 1.807) is 7.05 Å². The van der Waals surface area contributed by atoms with Crippen molar-refractivity contribution in [2.45, 2.75) is 38.2 Å². The molecule has 0 spiro atoms. The van der Waals surface area contributed by atoms with Crippen LogP contribution in [-0.4, -0.2) is 19.2 Å². The van der Waals surface area contributed by atoms with Gasteiger partial charge in [0.2, 0.25) is 0 Å². The van der Waals surface area contributed by atoms with Gasteiger partial charge < -0.3 is 10.5 Å². The van der Waals surface area contributed by atoms with E-state index in [2.05, 4.69) is 4.99 Å². The number of aliphatic imine (C=N–C) groups is 1. The molecule has 0 aliphatic heterocycles. The van der Waals surface area contributed by atoms with E-state index in [1.807, 2.05) is 0 Å². The van der Waals surface area contributed by atoms with Crippen molar-refractivity contribution < 1.29 is 4.74 Å². The summed E-state index contributed by atoms with van der Waals surface area (Å²) in [6.07, 6.45) is 6.46. The van der Waals surface area contributed by atoms with Gasteiger partial charge in [0.1, 0.15) is 6.10 Å². The lowest BCUT2D eigenvalue weighted by atomic mass is 9.98. The molecule has 0 unspecified atom stereocenters. The van der Waals surface area contributed by atoms with E-state index in [9.17, 15) is 0 Å². The minimum absolute atomic E-state index is 0.326. The maximum Gasteiger partial charge on any atom is 0.281 e. The van der Waals surface area contributed by atoms with Crippen molar-refractivity contribution in [3.63, 3.8) is 0 Å². The Hall–Kier alpha value is -0.730. The second kappa shape index (κ2) is 4.21. The van der Waals surface area contributed by atoms with Crippen LogP contribution in [0.4, 0.5) is 0 Å². The SMILES string of the molecule is CN=C(N)OC1CCCCC1. The lowest BCUT2D eigenvalue weighted by molar-refractivity contribution is 0.140. The van der Waals surface area contributed by atoms with Crippen LogP contribution in [0.3, 0.4) is 0 Å². The zero-order chi connectivity index (χ0) is 8.10. The summed E-state index contributed by atoms with van der Waals surface area (Å²) >= 11 is 0. The summed E-state index contributed by atoms with van der Waals surface area (Å²) in [4.78, 5) is 3.75. The van der Waals surface area contributed by atoms with Crippen molar-refractivity contribution in [2.24, 2.45) is 10.7 Å². The molecule has 3 nitrogen and oxygen atoms in total. The molecule has 2 N–H and O–H groups in total. The highest BCUT2D eigenvalue weighted by molar-refractivity contribution is 5.71. The quantitative estimate of drug-likeness (QED) is 0.459. The van der Waals surface area contributed by atoms with E-state index in [1.165, 1.54) is 19.3 Å². The Kier molecular flexibility index (Phi) is 3.20. The van der Waals surface area contributed by atoms with Crippen molar-refractivity contribution >= 4 is 6.02 Å². The average Bonchev–Trinajstić information content (AvgIpc) is 2.06. The van der Waals surface area contributed by atoms with E-state index in [-0.39, 0.29) is 0 Å². The highest BCUT2D eigenvalue weighted by Gasteiger charge is 2.14. The molecular formula is C8H16N2O. The first-order valence-electron chi connectivity index (χ1n) is 4.22. The molecule has 1 fully saturated rings. The topological polar surface area (TPSA) is 47.6 Å². The van der Waals surface area contributed by atoms with Crippen molar-refractivity contribution in [1.82, 2.24) is 0 Å². The highest BCUT2D eigenvalue weighted by atomic mass is 16.5. The largest absolute Gasteiger partial charge is 0.462 e. The molecule has 0 aromatic heterocycles. The van der Waals surface area contributed by atoms with Gasteiger partial charge in [0, 0.05) is 7.05 Å². The number of nitrogens with two attached hydrogens (primary N) is 1. The Bertz CT molecular complexity index is 139. The maximum absolute atomic E-state index is 5.43. The van der Waals surface area contributed by atoms with Crippen LogP contribution in [0.15, 0.2) is 4.99 Å². The van der Waals surface area contributed by atoms with Gasteiger partial charge in [-0.3, -0.25) is 0 Å². The lowest BCUT2D eigenvalue weighted by Gasteiger charge is -2.21.